The highest BCUT2D eigenvalue weighted by molar-refractivity contribution is 6.11. The van der Waals surface area contributed by atoms with Crippen molar-refractivity contribution in [2.75, 3.05) is 40.1 Å². The lowest BCUT2D eigenvalue weighted by Gasteiger charge is -2.40. The molecule has 0 aliphatic carbocycles. The van der Waals surface area contributed by atoms with Crippen molar-refractivity contribution in [3.63, 3.8) is 0 Å². The maximum atomic E-state index is 14.0. The smallest absolute Gasteiger partial charge is 0.412 e. The summed E-state index contributed by atoms with van der Waals surface area (Å²) in [5.41, 5.74) is 9.45. The summed E-state index contributed by atoms with van der Waals surface area (Å²) in [6.45, 7) is 3.52. The molecule has 4 heterocycles. The molecule has 3 atom stereocenters. The monoisotopic (exact) mass is 623 g/mol. The minimum absolute atomic E-state index is 0.0415. The molecule has 0 radical (unpaired) electrons. The lowest BCUT2D eigenvalue weighted by atomic mass is 9.92. The first-order chi connectivity index (χ1) is 22.3. The third-order valence-electron chi connectivity index (χ3n) is 8.45. The molecule has 2 aromatic heterocycles. The van der Waals surface area contributed by atoms with E-state index in [4.69, 9.17) is 15.5 Å². The van der Waals surface area contributed by atoms with Crippen LogP contribution in [0.2, 0.25) is 0 Å². The number of aromatic nitrogens is 2. The number of aliphatic hydroxyl groups is 1. The summed E-state index contributed by atoms with van der Waals surface area (Å²) < 4.78 is 5.43. The zero-order valence-corrected chi connectivity index (χ0v) is 25.6. The van der Waals surface area contributed by atoms with Gasteiger partial charge in [-0.25, -0.2) is 9.78 Å². The Hall–Kier alpha value is -5.07. The van der Waals surface area contributed by atoms with Gasteiger partial charge in [0, 0.05) is 55.3 Å². The fourth-order valence-corrected chi connectivity index (χ4v) is 5.99. The van der Waals surface area contributed by atoms with E-state index in [0.29, 0.717) is 54.0 Å². The average Bonchev–Trinajstić information content (AvgIpc) is 3.06. The quantitative estimate of drug-likeness (QED) is 0.235. The second-order valence-corrected chi connectivity index (χ2v) is 11.8. The highest BCUT2D eigenvalue weighted by Crippen LogP contribution is 2.32. The third kappa shape index (κ3) is 6.77. The number of hydrogen-bond acceptors (Lipinski definition) is 9. The van der Waals surface area contributed by atoms with Crippen molar-refractivity contribution in [1.82, 2.24) is 9.97 Å². The molecule has 12 nitrogen and oxygen atoms in total. The summed E-state index contributed by atoms with van der Waals surface area (Å²) in [6.07, 6.45) is 4.05. The van der Waals surface area contributed by atoms with Gasteiger partial charge < -0.3 is 30.7 Å². The van der Waals surface area contributed by atoms with Crippen LogP contribution < -0.4 is 26.2 Å². The van der Waals surface area contributed by atoms with Gasteiger partial charge >= 0.3 is 6.09 Å². The van der Waals surface area contributed by atoms with Crippen molar-refractivity contribution < 1.29 is 24.2 Å². The maximum Gasteiger partial charge on any atom is 0.412 e. The number of aliphatic hydroxyl groups excluding tert-OH is 1. The molecule has 12 heteroatoms. The molecule has 2 fully saturated rings. The highest BCUT2D eigenvalue weighted by atomic mass is 16.5. The van der Waals surface area contributed by atoms with Crippen molar-refractivity contribution in [2.24, 2.45) is 11.7 Å². The van der Waals surface area contributed by atoms with Crippen molar-refractivity contribution in [2.45, 2.75) is 44.9 Å². The van der Waals surface area contributed by atoms with Gasteiger partial charge in [0.05, 0.1) is 34.9 Å². The number of hydrogen-bond donors (Lipinski definition) is 4. The molecule has 0 spiro atoms. The van der Waals surface area contributed by atoms with Gasteiger partial charge in [-0.15, -0.1) is 0 Å². The summed E-state index contributed by atoms with van der Waals surface area (Å²) in [5.74, 6) is -0.615. The number of nitrogens with zero attached hydrogens (tertiary/aromatic N) is 4. The third-order valence-corrected chi connectivity index (χ3v) is 8.45. The van der Waals surface area contributed by atoms with Gasteiger partial charge in [-0.3, -0.25) is 19.9 Å². The number of pyridine rings is 2. The first kappa shape index (κ1) is 30.9. The topological polar surface area (TPSA) is 163 Å². The van der Waals surface area contributed by atoms with Crippen LogP contribution in [0.4, 0.5) is 27.5 Å². The Balaban J connectivity index is 1.31. The number of nitrogens with one attached hydrogen (secondary N) is 2. The fourth-order valence-electron chi connectivity index (χ4n) is 5.99. The summed E-state index contributed by atoms with van der Waals surface area (Å²) in [7, 11) is 0. The van der Waals surface area contributed by atoms with Gasteiger partial charge in [0.25, 0.3) is 5.91 Å². The Bertz CT molecular complexity index is 1740. The van der Waals surface area contributed by atoms with Gasteiger partial charge in [-0.05, 0) is 42.7 Å². The van der Waals surface area contributed by atoms with E-state index in [1.165, 1.54) is 6.20 Å². The summed E-state index contributed by atoms with van der Waals surface area (Å²) in [5, 5.41) is 16.7. The number of piperidine rings is 2. The minimum atomic E-state index is -0.744. The molecule has 2 aromatic carbocycles. The lowest BCUT2D eigenvalue weighted by molar-refractivity contribution is -0.119. The fraction of sp³-hybridized carbons (Fsp3) is 0.324. The van der Waals surface area contributed by atoms with E-state index in [-0.39, 0.29) is 29.8 Å². The molecule has 2 saturated heterocycles. The highest BCUT2D eigenvalue weighted by Gasteiger charge is 2.32. The van der Waals surface area contributed by atoms with E-state index in [0.717, 1.165) is 18.4 Å². The Kier molecular flexibility index (Phi) is 9.08. The number of rotatable bonds is 7. The molecular formula is C34H37N7O5. The van der Waals surface area contributed by atoms with Gasteiger partial charge in [0.15, 0.2) is 5.69 Å². The van der Waals surface area contributed by atoms with E-state index in [1.54, 1.807) is 29.3 Å². The molecule has 46 heavy (non-hydrogen) atoms. The molecule has 0 unspecified atom stereocenters. The number of carbonyl (C=O) groups excluding carboxylic acids is 3. The molecule has 0 bridgehead atoms. The molecule has 3 amide bonds. The van der Waals surface area contributed by atoms with Crippen molar-refractivity contribution >= 4 is 51.6 Å². The van der Waals surface area contributed by atoms with Crippen LogP contribution in [0.1, 0.15) is 42.2 Å². The van der Waals surface area contributed by atoms with Crippen LogP contribution in [0.5, 0.6) is 0 Å². The molecule has 6 rings (SSSR count). The summed E-state index contributed by atoms with van der Waals surface area (Å²) in [4.78, 5) is 52.1. The predicted molar refractivity (Wildman–Crippen MR) is 176 cm³/mol. The maximum absolute atomic E-state index is 14.0. The van der Waals surface area contributed by atoms with Crippen LogP contribution in [0.15, 0.2) is 73.1 Å². The Labute approximate surface area is 266 Å². The number of benzene rings is 2. The van der Waals surface area contributed by atoms with Crippen LogP contribution in [-0.4, -0.2) is 64.8 Å². The van der Waals surface area contributed by atoms with E-state index in [2.05, 4.69) is 15.6 Å². The van der Waals surface area contributed by atoms with Crippen LogP contribution in [-0.2, 0) is 16.1 Å². The minimum Gasteiger partial charge on any atom is -0.444 e. The first-order valence-electron chi connectivity index (χ1n) is 15.4. The number of fused-ring (bicyclic) bond motifs is 1. The second kappa shape index (κ2) is 13.5. The van der Waals surface area contributed by atoms with Crippen LogP contribution in [0, 0.1) is 5.92 Å². The van der Waals surface area contributed by atoms with Crippen LogP contribution in [0.3, 0.4) is 0 Å². The molecule has 0 saturated carbocycles. The zero-order chi connectivity index (χ0) is 32.2. The van der Waals surface area contributed by atoms with Crippen LogP contribution in [0.25, 0.3) is 10.9 Å². The van der Waals surface area contributed by atoms with E-state index < -0.39 is 24.1 Å². The number of ether oxygens (including phenoxy) is 1. The second-order valence-electron chi connectivity index (χ2n) is 11.8. The molecule has 4 aromatic rings. The van der Waals surface area contributed by atoms with Crippen molar-refractivity contribution in [3.8, 4) is 0 Å². The number of nitrogens with two attached hydrogens (primary N) is 1. The summed E-state index contributed by atoms with van der Waals surface area (Å²) in [6, 6.07) is 17.7. The van der Waals surface area contributed by atoms with E-state index in [9.17, 15) is 19.5 Å². The first-order valence-corrected chi connectivity index (χ1v) is 15.4. The summed E-state index contributed by atoms with van der Waals surface area (Å²) >= 11 is 0. The molecule has 5 N–H and O–H groups in total. The van der Waals surface area contributed by atoms with Crippen LogP contribution >= 0.6 is 0 Å². The zero-order valence-electron chi connectivity index (χ0n) is 25.6. The Morgan fingerprint density at radius 2 is 1.87 bits per heavy atom. The predicted octanol–water partition coefficient (Wildman–Crippen LogP) is 4.29. The Morgan fingerprint density at radius 3 is 2.65 bits per heavy atom. The van der Waals surface area contributed by atoms with Gasteiger partial charge in [0.1, 0.15) is 6.61 Å². The van der Waals surface area contributed by atoms with Gasteiger partial charge in [0.2, 0.25) is 5.91 Å². The molecular weight excluding hydrogens is 586 g/mol. The number of anilines is 4. The number of carbonyl (C=O) groups is 3. The van der Waals surface area contributed by atoms with Gasteiger partial charge in [-0.1, -0.05) is 43.3 Å². The molecule has 2 aliphatic rings. The van der Waals surface area contributed by atoms with E-state index in [1.807, 2.05) is 54.3 Å². The van der Waals surface area contributed by atoms with E-state index >= 15 is 0 Å². The molecule has 2 aliphatic heterocycles. The largest absolute Gasteiger partial charge is 0.444 e. The van der Waals surface area contributed by atoms with Crippen molar-refractivity contribution in [1.29, 1.82) is 0 Å². The standard InChI is InChI=1S/C34H37N7O5/c1-21-18-40(19-25(35)32(21)43)29-12-13-36-17-28(29)38-33(44)31-27(39-34(45)46-20-22-7-3-2-4-8-22)15-23-10-11-24(16-26(23)37-31)41-14-6-5-9-30(41)42/h2-4,7-8,10-13,15-17,21,25,32,43H,5-6,9,14,18-20,35H2,1H3,(H,38,44)(H,39,45)/t21-,25+,32+/m0/s1. The van der Waals surface area contributed by atoms with Gasteiger partial charge in [-0.2, -0.15) is 0 Å². The molecule has 238 valence electrons. The lowest BCUT2D eigenvalue weighted by Crippen LogP contribution is -2.55. The SMILES string of the molecule is C[C@H]1CN(c2ccncc2NC(=O)c2nc3cc(N4CCCCC4=O)ccc3cc2NC(=O)OCc2ccccc2)C[C@@H](N)[C@@H]1O. The normalized spacial score (nSPS) is 20.0. The number of amides is 3. The van der Waals surface area contributed by atoms with Crippen molar-refractivity contribution in [3.05, 3.63) is 84.3 Å². The average molecular weight is 624 g/mol. The Morgan fingerprint density at radius 1 is 1.04 bits per heavy atom.